The molecule has 2 heterocycles. The number of hydrogen-bond donors (Lipinski definition) is 1. The summed E-state index contributed by atoms with van der Waals surface area (Å²) in [5.41, 5.74) is 5.28. The molecule has 1 amide bonds. The molecule has 31 heavy (non-hydrogen) atoms. The second-order valence-electron chi connectivity index (χ2n) is 8.45. The second-order valence-corrected chi connectivity index (χ2v) is 9.59. The summed E-state index contributed by atoms with van der Waals surface area (Å²) in [6, 6.07) is 20.6. The van der Waals surface area contributed by atoms with Crippen LogP contribution in [0, 0.1) is 12.8 Å². The fourth-order valence-electron chi connectivity index (χ4n) is 4.04. The van der Waals surface area contributed by atoms with Crippen LogP contribution in [0.2, 0.25) is 0 Å². The van der Waals surface area contributed by atoms with Crippen molar-refractivity contribution in [3.05, 3.63) is 77.6 Å². The molecule has 0 saturated carbocycles. The van der Waals surface area contributed by atoms with E-state index in [1.165, 1.54) is 17.7 Å². The molecule has 0 aliphatic carbocycles. The molecule has 1 saturated heterocycles. The SMILES string of the molecule is Cc1c(SN2CCC(C)CC2)cc(C(=O)NCc2ccccc2-c2ccccc2)n1C. The van der Waals surface area contributed by atoms with Gasteiger partial charge in [-0.3, -0.25) is 4.79 Å². The van der Waals surface area contributed by atoms with Gasteiger partial charge in [-0.15, -0.1) is 0 Å². The summed E-state index contributed by atoms with van der Waals surface area (Å²) >= 11 is 1.79. The van der Waals surface area contributed by atoms with Crippen molar-refractivity contribution < 1.29 is 4.79 Å². The molecular weight excluding hydrogens is 402 g/mol. The van der Waals surface area contributed by atoms with E-state index in [1.54, 1.807) is 11.9 Å². The second kappa shape index (κ2) is 9.75. The Kier molecular flexibility index (Phi) is 6.83. The van der Waals surface area contributed by atoms with Gasteiger partial charge in [0.15, 0.2) is 0 Å². The third-order valence-corrected chi connectivity index (χ3v) is 7.47. The first-order valence-corrected chi connectivity index (χ1v) is 11.8. The molecule has 0 spiro atoms. The molecule has 0 bridgehead atoms. The van der Waals surface area contributed by atoms with Crippen molar-refractivity contribution in [3.63, 3.8) is 0 Å². The lowest BCUT2D eigenvalue weighted by atomic mass is 10.00. The van der Waals surface area contributed by atoms with Crippen LogP contribution in [0.5, 0.6) is 0 Å². The zero-order chi connectivity index (χ0) is 21.8. The van der Waals surface area contributed by atoms with E-state index in [0.29, 0.717) is 12.2 Å². The summed E-state index contributed by atoms with van der Waals surface area (Å²) in [5.74, 6) is 0.779. The lowest BCUT2D eigenvalue weighted by Crippen LogP contribution is -2.27. The van der Waals surface area contributed by atoms with Gasteiger partial charge in [-0.1, -0.05) is 61.5 Å². The maximum absolute atomic E-state index is 13.0. The van der Waals surface area contributed by atoms with Crippen LogP contribution in [0.25, 0.3) is 11.1 Å². The fraction of sp³-hybridized carbons (Fsp3) is 0.346. The zero-order valence-corrected chi connectivity index (χ0v) is 19.4. The van der Waals surface area contributed by atoms with E-state index in [9.17, 15) is 4.79 Å². The van der Waals surface area contributed by atoms with E-state index < -0.39 is 0 Å². The Morgan fingerprint density at radius 1 is 1.06 bits per heavy atom. The molecule has 0 radical (unpaired) electrons. The number of rotatable bonds is 6. The maximum atomic E-state index is 13.0. The summed E-state index contributed by atoms with van der Waals surface area (Å²) in [6.45, 7) is 7.14. The van der Waals surface area contributed by atoms with Gasteiger partial charge in [0.05, 0.1) is 0 Å². The number of benzene rings is 2. The minimum Gasteiger partial charge on any atom is -0.347 e. The molecule has 3 aromatic rings. The standard InChI is InChI=1S/C26H31N3OS/c1-19-13-15-29(16-14-19)31-25-17-24(28(3)20(25)2)26(30)27-18-22-11-7-8-12-23(22)21-9-5-4-6-10-21/h4-12,17,19H,13-16,18H2,1-3H3,(H,27,30). The van der Waals surface area contributed by atoms with Gasteiger partial charge in [0.1, 0.15) is 5.69 Å². The summed E-state index contributed by atoms with van der Waals surface area (Å²) in [7, 11) is 1.98. The van der Waals surface area contributed by atoms with E-state index in [1.807, 2.05) is 48.0 Å². The normalized spacial score (nSPS) is 15.2. The van der Waals surface area contributed by atoms with Crippen molar-refractivity contribution in [2.24, 2.45) is 13.0 Å². The summed E-state index contributed by atoms with van der Waals surface area (Å²) in [5, 5.41) is 3.13. The van der Waals surface area contributed by atoms with Crippen molar-refractivity contribution in [3.8, 4) is 11.1 Å². The first-order valence-electron chi connectivity index (χ1n) is 11.0. The maximum Gasteiger partial charge on any atom is 0.268 e. The summed E-state index contributed by atoms with van der Waals surface area (Å²) in [4.78, 5) is 14.2. The first kappa shape index (κ1) is 21.7. The lowest BCUT2D eigenvalue weighted by molar-refractivity contribution is 0.0942. The Hall–Kier alpha value is -2.50. The van der Waals surface area contributed by atoms with Crippen molar-refractivity contribution in [2.45, 2.75) is 38.1 Å². The number of amides is 1. The molecule has 4 nitrogen and oxygen atoms in total. The Labute approximate surface area is 189 Å². The van der Waals surface area contributed by atoms with Crippen LogP contribution in [0.3, 0.4) is 0 Å². The van der Waals surface area contributed by atoms with Crippen molar-refractivity contribution in [1.29, 1.82) is 0 Å². The Morgan fingerprint density at radius 3 is 2.48 bits per heavy atom. The van der Waals surface area contributed by atoms with E-state index >= 15 is 0 Å². The number of aromatic nitrogens is 1. The fourth-order valence-corrected chi connectivity index (χ4v) is 5.14. The third-order valence-electron chi connectivity index (χ3n) is 6.23. The van der Waals surface area contributed by atoms with E-state index in [-0.39, 0.29) is 5.91 Å². The van der Waals surface area contributed by atoms with Crippen LogP contribution in [0.4, 0.5) is 0 Å². The minimum atomic E-state index is -0.0346. The molecule has 162 valence electrons. The highest BCUT2D eigenvalue weighted by Crippen LogP contribution is 2.32. The van der Waals surface area contributed by atoms with Crippen LogP contribution < -0.4 is 5.32 Å². The molecular formula is C26H31N3OS. The number of hydrogen-bond acceptors (Lipinski definition) is 3. The van der Waals surface area contributed by atoms with Gasteiger partial charge in [0.2, 0.25) is 0 Å². The predicted molar refractivity (Wildman–Crippen MR) is 129 cm³/mol. The molecule has 1 fully saturated rings. The van der Waals surface area contributed by atoms with Gasteiger partial charge in [0.25, 0.3) is 5.91 Å². The average molecular weight is 434 g/mol. The Bertz CT molecular complexity index is 1040. The lowest BCUT2D eigenvalue weighted by Gasteiger charge is -2.28. The van der Waals surface area contributed by atoms with Crippen molar-refractivity contribution >= 4 is 17.9 Å². The zero-order valence-electron chi connectivity index (χ0n) is 18.6. The van der Waals surface area contributed by atoms with Crippen LogP contribution in [0.15, 0.2) is 65.6 Å². The molecule has 4 rings (SSSR count). The topological polar surface area (TPSA) is 37.3 Å². The number of nitrogens with one attached hydrogen (secondary N) is 1. The van der Waals surface area contributed by atoms with Gasteiger partial charge < -0.3 is 9.88 Å². The molecule has 1 aromatic heterocycles. The van der Waals surface area contributed by atoms with Crippen molar-refractivity contribution in [2.75, 3.05) is 13.1 Å². The predicted octanol–water partition coefficient (Wildman–Crippen LogP) is 5.67. The van der Waals surface area contributed by atoms with Crippen LogP contribution in [-0.2, 0) is 13.6 Å². The molecule has 1 N–H and O–H groups in total. The molecule has 1 aliphatic heterocycles. The highest BCUT2D eigenvalue weighted by molar-refractivity contribution is 7.97. The first-order chi connectivity index (χ1) is 15.0. The highest BCUT2D eigenvalue weighted by Gasteiger charge is 2.21. The van der Waals surface area contributed by atoms with Crippen LogP contribution in [0.1, 0.15) is 41.5 Å². The van der Waals surface area contributed by atoms with Gasteiger partial charge in [0, 0.05) is 37.3 Å². The van der Waals surface area contributed by atoms with Crippen LogP contribution >= 0.6 is 11.9 Å². The Morgan fingerprint density at radius 2 is 1.74 bits per heavy atom. The molecule has 2 aromatic carbocycles. The van der Waals surface area contributed by atoms with E-state index in [2.05, 4.69) is 47.7 Å². The average Bonchev–Trinajstić information content (AvgIpc) is 3.08. The smallest absolute Gasteiger partial charge is 0.268 e. The summed E-state index contributed by atoms with van der Waals surface area (Å²) in [6.07, 6.45) is 2.49. The largest absolute Gasteiger partial charge is 0.347 e. The summed E-state index contributed by atoms with van der Waals surface area (Å²) < 4.78 is 4.44. The van der Waals surface area contributed by atoms with E-state index in [0.717, 1.165) is 41.4 Å². The number of piperidine rings is 1. The number of nitrogens with zero attached hydrogens (tertiary/aromatic N) is 2. The molecule has 1 aliphatic rings. The molecule has 0 atom stereocenters. The van der Waals surface area contributed by atoms with Gasteiger partial charge in [-0.25, -0.2) is 4.31 Å². The van der Waals surface area contributed by atoms with Crippen LogP contribution in [-0.4, -0.2) is 27.9 Å². The number of carbonyl (C=O) groups excluding carboxylic acids is 1. The van der Waals surface area contributed by atoms with Gasteiger partial charge in [-0.2, -0.15) is 0 Å². The Balaban J connectivity index is 1.45. The molecule has 0 unspecified atom stereocenters. The minimum absolute atomic E-state index is 0.0346. The highest BCUT2D eigenvalue weighted by atomic mass is 32.2. The van der Waals surface area contributed by atoms with Gasteiger partial charge in [-0.05, 0) is 60.4 Å². The monoisotopic (exact) mass is 433 g/mol. The van der Waals surface area contributed by atoms with Crippen molar-refractivity contribution in [1.82, 2.24) is 14.2 Å². The quantitative estimate of drug-likeness (QED) is 0.509. The molecule has 5 heteroatoms. The third kappa shape index (κ3) is 5.05. The van der Waals surface area contributed by atoms with E-state index in [4.69, 9.17) is 0 Å². The number of carbonyl (C=O) groups is 1. The van der Waals surface area contributed by atoms with Gasteiger partial charge >= 0.3 is 0 Å².